The van der Waals surface area contributed by atoms with Crippen LogP contribution in [-0.2, 0) is 9.59 Å². The van der Waals surface area contributed by atoms with E-state index in [4.69, 9.17) is 4.74 Å². The van der Waals surface area contributed by atoms with Gasteiger partial charge in [0.15, 0.2) is 0 Å². The molecule has 98 valence electrons. The molecule has 1 N–H and O–H groups in total. The number of ether oxygens (including phenoxy) is 1. The maximum Gasteiger partial charge on any atom is 0.312 e. The summed E-state index contributed by atoms with van der Waals surface area (Å²) in [5, 5.41) is 0.888. The Bertz CT molecular complexity index is 540. The van der Waals surface area contributed by atoms with E-state index in [0.29, 0.717) is 11.8 Å². The molecule has 1 aromatic carbocycles. The number of rotatable bonds is 4. The quantitative estimate of drug-likeness (QED) is 0.505. The molecule has 6 nitrogen and oxygen atoms in total. The number of hydrogen-bond acceptors (Lipinski definition) is 6. The van der Waals surface area contributed by atoms with E-state index < -0.39 is 22.4 Å². The van der Waals surface area contributed by atoms with Gasteiger partial charge in [-0.1, -0.05) is 11.8 Å². The highest BCUT2D eigenvalue weighted by molar-refractivity contribution is 8.15. The monoisotopic (exact) mass is 279 g/mol. The summed E-state index contributed by atoms with van der Waals surface area (Å²) in [7, 11) is 0. The average molecular weight is 279 g/mol. The number of imide groups is 1. The van der Waals surface area contributed by atoms with Crippen LogP contribution in [0.3, 0.4) is 0 Å². The highest BCUT2D eigenvalue weighted by atomic mass is 32.2. The van der Waals surface area contributed by atoms with E-state index in [2.05, 4.69) is 5.32 Å². The van der Waals surface area contributed by atoms with Gasteiger partial charge in [0.2, 0.25) is 5.91 Å². The van der Waals surface area contributed by atoms with Crippen molar-refractivity contribution in [1.29, 1.82) is 0 Å². The predicted octanol–water partition coefficient (Wildman–Crippen LogP) is 1.15. The second-order valence-corrected chi connectivity index (χ2v) is 4.92. The lowest BCUT2D eigenvalue weighted by molar-refractivity contribution is -0.135. The molecule has 1 aliphatic heterocycles. The van der Waals surface area contributed by atoms with Gasteiger partial charge in [0, 0.05) is 5.56 Å². The topological polar surface area (TPSA) is 89.5 Å². The van der Waals surface area contributed by atoms with Gasteiger partial charge in [-0.05, 0) is 24.3 Å². The molecule has 2 amide bonds. The molecule has 1 aliphatic rings. The first-order valence-electron chi connectivity index (χ1n) is 5.36. The van der Waals surface area contributed by atoms with Crippen LogP contribution in [-0.4, -0.2) is 28.7 Å². The van der Waals surface area contributed by atoms with Gasteiger partial charge in [-0.3, -0.25) is 24.5 Å². The van der Waals surface area contributed by atoms with Gasteiger partial charge in [0.05, 0.1) is 6.42 Å². The molecular weight excluding hydrogens is 270 g/mol. The molecule has 7 heteroatoms. The van der Waals surface area contributed by atoms with Crippen LogP contribution in [0.4, 0.5) is 4.79 Å². The molecule has 1 aromatic rings. The number of nitrogens with one attached hydrogen (secondary N) is 1. The maximum atomic E-state index is 11.6. The summed E-state index contributed by atoms with van der Waals surface area (Å²) in [6.45, 7) is 0. The smallest absolute Gasteiger partial charge is 0.312 e. The number of benzene rings is 1. The minimum Gasteiger partial charge on any atom is -0.426 e. The second kappa shape index (κ2) is 5.66. The molecule has 0 aromatic heterocycles. The highest BCUT2D eigenvalue weighted by Crippen LogP contribution is 2.22. The van der Waals surface area contributed by atoms with Crippen LogP contribution >= 0.6 is 11.8 Å². The Morgan fingerprint density at radius 3 is 2.53 bits per heavy atom. The molecular formula is C12H9NO5S. The van der Waals surface area contributed by atoms with Crippen molar-refractivity contribution >= 4 is 35.2 Å². The maximum absolute atomic E-state index is 11.6. The molecule has 1 saturated heterocycles. The fourth-order valence-electron chi connectivity index (χ4n) is 1.47. The van der Waals surface area contributed by atoms with Crippen molar-refractivity contribution in [2.45, 2.75) is 11.7 Å². The SMILES string of the molecule is O=Cc1ccc(OC(=O)CC2SC(=O)NC2=O)cc1. The summed E-state index contributed by atoms with van der Waals surface area (Å²) in [5.74, 6) is -0.810. The highest BCUT2D eigenvalue weighted by Gasteiger charge is 2.33. The number of amides is 2. The van der Waals surface area contributed by atoms with Gasteiger partial charge >= 0.3 is 5.97 Å². The number of thioether (sulfide) groups is 1. The summed E-state index contributed by atoms with van der Waals surface area (Å²) in [6.07, 6.45) is 0.494. The lowest BCUT2D eigenvalue weighted by Crippen LogP contribution is -2.27. The Morgan fingerprint density at radius 2 is 2.00 bits per heavy atom. The van der Waals surface area contributed by atoms with E-state index >= 15 is 0 Å². The van der Waals surface area contributed by atoms with Crippen molar-refractivity contribution in [2.75, 3.05) is 0 Å². The van der Waals surface area contributed by atoms with Crippen molar-refractivity contribution in [3.63, 3.8) is 0 Å². The molecule has 1 fully saturated rings. The first-order chi connectivity index (χ1) is 9.08. The van der Waals surface area contributed by atoms with Crippen molar-refractivity contribution in [1.82, 2.24) is 5.32 Å². The third-order valence-corrected chi connectivity index (χ3v) is 3.35. The standard InChI is InChI=1S/C12H9NO5S/c14-6-7-1-3-8(4-2-7)18-10(15)5-9-11(16)13-12(17)19-9/h1-4,6,9H,5H2,(H,13,16,17). The zero-order valence-electron chi connectivity index (χ0n) is 9.62. The Labute approximate surface area is 112 Å². The minimum absolute atomic E-state index is 0.183. The van der Waals surface area contributed by atoms with Crippen LogP contribution < -0.4 is 10.1 Å². The number of carbonyl (C=O) groups is 4. The van der Waals surface area contributed by atoms with Crippen LogP contribution in [0.5, 0.6) is 5.75 Å². The number of hydrogen-bond donors (Lipinski definition) is 1. The number of aldehydes is 1. The molecule has 0 radical (unpaired) electrons. The van der Waals surface area contributed by atoms with Gasteiger partial charge in [-0.2, -0.15) is 0 Å². The molecule has 1 unspecified atom stereocenters. The molecule has 0 saturated carbocycles. The minimum atomic E-state index is -0.741. The summed E-state index contributed by atoms with van der Waals surface area (Å²) in [4.78, 5) is 44.2. The van der Waals surface area contributed by atoms with Gasteiger partial charge in [0.1, 0.15) is 17.3 Å². The van der Waals surface area contributed by atoms with Crippen LogP contribution in [0.2, 0.25) is 0 Å². The zero-order valence-corrected chi connectivity index (χ0v) is 10.4. The lowest BCUT2D eigenvalue weighted by atomic mass is 10.2. The predicted molar refractivity (Wildman–Crippen MR) is 67.0 cm³/mol. The first kappa shape index (κ1) is 13.3. The zero-order chi connectivity index (χ0) is 13.8. The molecule has 0 spiro atoms. The molecule has 1 atom stereocenters. The number of carbonyl (C=O) groups excluding carboxylic acids is 4. The number of esters is 1. The largest absolute Gasteiger partial charge is 0.426 e. The van der Waals surface area contributed by atoms with E-state index in [1.807, 2.05) is 0 Å². The van der Waals surface area contributed by atoms with Crippen LogP contribution in [0, 0.1) is 0 Å². The van der Waals surface area contributed by atoms with Crippen LogP contribution in [0.25, 0.3) is 0 Å². The van der Waals surface area contributed by atoms with Crippen LogP contribution in [0.1, 0.15) is 16.8 Å². The third-order valence-electron chi connectivity index (χ3n) is 2.37. The first-order valence-corrected chi connectivity index (χ1v) is 6.24. The fraction of sp³-hybridized carbons (Fsp3) is 0.167. The van der Waals surface area contributed by atoms with E-state index in [-0.39, 0.29) is 12.2 Å². The molecule has 0 aliphatic carbocycles. The van der Waals surface area contributed by atoms with Crippen molar-refractivity contribution in [3.8, 4) is 5.75 Å². The van der Waals surface area contributed by atoms with Crippen LogP contribution in [0.15, 0.2) is 24.3 Å². The van der Waals surface area contributed by atoms with Crippen molar-refractivity contribution in [2.24, 2.45) is 0 Å². The summed E-state index contributed by atoms with van der Waals surface area (Å²) in [6, 6.07) is 5.98. The molecule has 0 bridgehead atoms. The molecule has 19 heavy (non-hydrogen) atoms. The van der Waals surface area contributed by atoms with E-state index in [1.54, 1.807) is 0 Å². The van der Waals surface area contributed by atoms with E-state index in [1.165, 1.54) is 24.3 Å². The Hall–Kier alpha value is -2.15. The van der Waals surface area contributed by atoms with Gasteiger partial charge in [-0.15, -0.1) is 0 Å². The van der Waals surface area contributed by atoms with Crippen molar-refractivity contribution in [3.05, 3.63) is 29.8 Å². The molecule has 1 heterocycles. The van der Waals surface area contributed by atoms with E-state index in [0.717, 1.165) is 11.8 Å². The summed E-state index contributed by atoms with van der Waals surface area (Å²) in [5.41, 5.74) is 0.469. The second-order valence-electron chi connectivity index (χ2n) is 3.75. The Balaban J connectivity index is 1.92. The van der Waals surface area contributed by atoms with Gasteiger partial charge < -0.3 is 4.74 Å². The summed E-state index contributed by atoms with van der Waals surface area (Å²) >= 11 is 0.772. The normalized spacial score (nSPS) is 18.0. The Morgan fingerprint density at radius 1 is 1.32 bits per heavy atom. The summed E-state index contributed by atoms with van der Waals surface area (Å²) < 4.78 is 5.00. The third kappa shape index (κ3) is 3.41. The van der Waals surface area contributed by atoms with Gasteiger partial charge in [0.25, 0.3) is 5.24 Å². The van der Waals surface area contributed by atoms with Gasteiger partial charge in [-0.25, -0.2) is 0 Å². The van der Waals surface area contributed by atoms with Crippen molar-refractivity contribution < 1.29 is 23.9 Å². The molecule has 2 rings (SSSR count). The van der Waals surface area contributed by atoms with E-state index in [9.17, 15) is 19.2 Å². The lowest BCUT2D eigenvalue weighted by Gasteiger charge is -2.06. The fourth-order valence-corrected chi connectivity index (χ4v) is 2.27. The Kier molecular flexibility index (Phi) is 3.96. The average Bonchev–Trinajstić information content (AvgIpc) is 2.68.